The summed E-state index contributed by atoms with van der Waals surface area (Å²) in [6.45, 7) is 3.66. The van der Waals surface area contributed by atoms with Crippen LogP contribution in [0.25, 0.3) is 6.08 Å². The van der Waals surface area contributed by atoms with Crippen LogP contribution in [0.15, 0.2) is 30.8 Å². The molecule has 4 nitrogen and oxygen atoms in total. The van der Waals surface area contributed by atoms with Crippen molar-refractivity contribution < 1.29 is 19.4 Å². The highest BCUT2D eigenvalue weighted by Gasteiger charge is 2.04. The van der Waals surface area contributed by atoms with Crippen molar-refractivity contribution in [1.29, 1.82) is 0 Å². The Morgan fingerprint density at radius 3 is 2.14 bits per heavy atom. The van der Waals surface area contributed by atoms with Crippen LogP contribution in [-0.2, 0) is 9.59 Å². The second-order valence-corrected chi connectivity index (χ2v) is 4.89. The molecule has 0 atom stereocenters. The Hall–Kier alpha value is -2.10. The summed E-state index contributed by atoms with van der Waals surface area (Å²) >= 11 is 0. The van der Waals surface area contributed by atoms with Crippen molar-refractivity contribution in [3.63, 3.8) is 0 Å². The summed E-state index contributed by atoms with van der Waals surface area (Å²) in [5, 5.41) is 10.2. The molecular weight excluding hydrogens is 268 g/mol. The summed E-state index contributed by atoms with van der Waals surface area (Å²) in [7, 11) is 0. The zero-order valence-corrected chi connectivity index (χ0v) is 12.2. The van der Waals surface area contributed by atoms with Crippen molar-refractivity contribution in [2.75, 3.05) is 0 Å². The monoisotopic (exact) mass is 289 g/mol. The lowest BCUT2D eigenvalue weighted by Gasteiger charge is -2.05. The maximum atomic E-state index is 11.6. The van der Waals surface area contributed by atoms with E-state index in [1.54, 1.807) is 18.2 Å². The molecule has 0 fully saturated rings. The van der Waals surface area contributed by atoms with E-state index in [-0.39, 0.29) is 12.4 Å². The molecule has 1 rings (SSSR count). The predicted octanol–water partition coefficient (Wildman–Crippen LogP) is 2.72. The Morgan fingerprint density at radius 2 is 1.57 bits per heavy atom. The third-order valence-corrected chi connectivity index (χ3v) is 3.11. The van der Waals surface area contributed by atoms with Crippen LogP contribution in [0.2, 0.25) is 0 Å². The van der Waals surface area contributed by atoms with Gasteiger partial charge >= 0.3 is 5.97 Å². The SMILES string of the molecule is C=Cc1ccc(OC(=O)CCCCCCCC(=O)[O-])cc1. The second-order valence-electron chi connectivity index (χ2n) is 4.89. The van der Waals surface area contributed by atoms with Gasteiger partial charge in [0.05, 0.1) is 0 Å². The fourth-order valence-corrected chi connectivity index (χ4v) is 1.92. The van der Waals surface area contributed by atoms with Crippen LogP contribution >= 0.6 is 0 Å². The average molecular weight is 289 g/mol. The minimum Gasteiger partial charge on any atom is -0.550 e. The highest BCUT2D eigenvalue weighted by atomic mass is 16.5. The summed E-state index contributed by atoms with van der Waals surface area (Å²) in [4.78, 5) is 21.8. The molecule has 0 N–H and O–H groups in total. The van der Waals surface area contributed by atoms with Crippen molar-refractivity contribution in [3.8, 4) is 5.75 Å². The zero-order chi connectivity index (χ0) is 15.5. The lowest BCUT2D eigenvalue weighted by atomic mass is 10.1. The van der Waals surface area contributed by atoms with Crippen LogP contribution < -0.4 is 9.84 Å². The van der Waals surface area contributed by atoms with Gasteiger partial charge in [-0.3, -0.25) is 4.79 Å². The van der Waals surface area contributed by atoms with Gasteiger partial charge in [0.25, 0.3) is 0 Å². The van der Waals surface area contributed by atoms with Crippen molar-refractivity contribution in [3.05, 3.63) is 36.4 Å². The summed E-state index contributed by atoms with van der Waals surface area (Å²) in [6.07, 6.45) is 6.30. The second kappa shape index (κ2) is 9.75. The van der Waals surface area contributed by atoms with Gasteiger partial charge in [-0.1, -0.05) is 44.1 Å². The average Bonchev–Trinajstić information content (AvgIpc) is 2.46. The van der Waals surface area contributed by atoms with Gasteiger partial charge in [0.15, 0.2) is 0 Å². The quantitative estimate of drug-likeness (QED) is 0.377. The number of esters is 1. The van der Waals surface area contributed by atoms with E-state index in [0.717, 1.165) is 31.2 Å². The smallest absolute Gasteiger partial charge is 0.311 e. The van der Waals surface area contributed by atoms with Gasteiger partial charge in [0.1, 0.15) is 5.75 Å². The molecule has 1 aromatic carbocycles. The molecule has 0 heterocycles. The van der Waals surface area contributed by atoms with E-state index < -0.39 is 5.97 Å². The van der Waals surface area contributed by atoms with Crippen LogP contribution in [0, 0.1) is 0 Å². The molecule has 0 unspecified atom stereocenters. The maximum absolute atomic E-state index is 11.6. The first-order valence-electron chi connectivity index (χ1n) is 7.25. The normalized spacial score (nSPS) is 10.1. The summed E-state index contributed by atoms with van der Waals surface area (Å²) in [5.74, 6) is -0.698. The van der Waals surface area contributed by atoms with Crippen molar-refractivity contribution in [2.24, 2.45) is 0 Å². The molecule has 1 aromatic rings. The minimum atomic E-state index is -0.999. The Balaban J connectivity index is 2.10. The van der Waals surface area contributed by atoms with Crippen LogP contribution in [-0.4, -0.2) is 11.9 Å². The van der Waals surface area contributed by atoms with Crippen LogP contribution in [0.3, 0.4) is 0 Å². The number of carbonyl (C=O) groups is 2. The van der Waals surface area contributed by atoms with Gasteiger partial charge in [-0.15, -0.1) is 0 Å². The number of benzene rings is 1. The molecule has 0 aromatic heterocycles. The summed E-state index contributed by atoms with van der Waals surface area (Å²) < 4.78 is 5.21. The molecule has 0 aliphatic rings. The first-order chi connectivity index (χ1) is 10.1. The lowest BCUT2D eigenvalue weighted by molar-refractivity contribution is -0.305. The maximum Gasteiger partial charge on any atom is 0.311 e. The molecule has 0 saturated heterocycles. The van der Waals surface area contributed by atoms with Gasteiger partial charge < -0.3 is 14.6 Å². The van der Waals surface area contributed by atoms with E-state index in [1.807, 2.05) is 12.1 Å². The number of carboxylic acid groups (broad SMARTS) is 1. The molecule has 0 aliphatic heterocycles. The van der Waals surface area contributed by atoms with Crippen LogP contribution in [0.1, 0.15) is 50.5 Å². The van der Waals surface area contributed by atoms with Gasteiger partial charge in [-0.2, -0.15) is 0 Å². The first-order valence-corrected chi connectivity index (χ1v) is 7.25. The Labute approximate surface area is 125 Å². The number of carbonyl (C=O) groups excluding carboxylic acids is 2. The highest BCUT2D eigenvalue weighted by Crippen LogP contribution is 2.14. The number of hydrogen-bond acceptors (Lipinski definition) is 4. The Kier molecular flexibility index (Phi) is 7.87. The zero-order valence-electron chi connectivity index (χ0n) is 12.2. The molecule has 0 amide bonds. The first kappa shape index (κ1) is 17.0. The molecule has 114 valence electrons. The number of ether oxygens (including phenoxy) is 1. The van der Waals surface area contributed by atoms with E-state index in [0.29, 0.717) is 18.6 Å². The van der Waals surface area contributed by atoms with Crippen molar-refractivity contribution in [2.45, 2.75) is 44.9 Å². The molecule has 0 radical (unpaired) electrons. The van der Waals surface area contributed by atoms with Crippen molar-refractivity contribution >= 4 is 18.0 Å². The Bertz CT molecular complexity index is 462. The number of aliphatic carboxylic acids is 1. The van der Waals surface area contributed by atoms with E-state index >= 15 is 0 Å². The van der Waals surface area contributed by atoms with Gasteiger partial charge in [-0.25, -0.2) is 0 Å². The third-order valence-electron chi connectivity index (χ3n) is 3.11. The number of hydrogen-bond donors (Lipinski definition) is 0. The van der Waals surface area contributed by atoms with Gasteiger partial charge in [-0.05, 0) is 37.0 Å². The van der Waals surface area contributed by atoms with E-state index in [1.165, 1.54) is 0 Å². The number of unbranched alkanes of at least 4 members (excludes halogenated alkanes) is 4. The van der Waals surface area contributed by atoms with Crippen molar-refractivity contribution in [1.82, 2.24) is 0 Å². The largest absolute Gasteiger partial charge is 0.550 e. The van der Waals surface area contributed by atoms with E-state index in [2.05, 4.69) is 6.58 Å². The van der Waals surface area contributed by atoms with Gasteiger partial charge in [0.2, 0.25) is 0 Å². The van der Waals surface area contributed by atoms with E-state index in [9.17, 15) is 14.7 Å². The molecular formula is C17H21O4-. The summed E-state index contributed by atoms with van der Waals surface area (Å²) in [6, 6.07) is 7.17. The standard InChI is InChI=1S/C17H22O4/c1-2-14-10-12-15(13-11-14)21-17(20)9-7-5-3-4-6-8-16(18)19/h2,10-13H,1,3-9H2,(H,18,19)/p-1. The highest BCUT2D eigenvalue weighted by molar-refractivity contribution is 5.72. The Morgan fingerprint density at radius 1 is 1.00 bits per heavy atom. The van der Waals surface area contributed by atoms with Crippen LogP contribution in [0.5, 0.6) is 5.75 Å². The molecule has 4 heteroatoms. The molecule has 0 bridgehead atoms. The fraction of sp³-hybridized carbons (Fsp3) is 0.412. The van der Waals surface area contributed by atoms with Gasteiger partial charge in [0, 0.05) is 12.4 Å². The lowest BCUT2D eigenvalue weighted by Crippen LogP contribution is -2.21. The fourth-order valence-electron chi connectivity index (χ4n) is 1.92. The molecule has 21 heavy (non-hydrogen) atoms. The molecule has 0 spiro atoms. The molecule has 0 aliphatic carbocycles. The number of rotatable bonds is 10. The molecule has 0 saturated carbocycles. The third kappa shape index (κ3) is 7.92. The summed E-state index contributed by atoms with van der Waals surface area (Å²) in [5.41, 5.74) is 0.978. The predicted molar refractivity (Wildman–Crippen MR) is 79.5 cm³/mol. The van der Waals surface area contributed by atoms with Crippen LogP contribution in [0.4, 0.5) is 0 Å². The minimum absolute atomic E-state index is 0.114. The number of carboxylic acids is 1. The van der Waals surface area contributed by atoms with E-state index in [4.69, 9.17) is 4.74 Å². The topological polar surface area (TPSA) is 66.4 Å².